The molecule has 0 saturated carbocycles. The molecule has 2 aromatic carbocycles. The number of anilines is 1. The van der Waals surface area contributed by atoms with Crippen LogP contribution in [0.3, 0.4) is 0 Å². The minimum atomic E-state index is -0.905. The quantitative estimate of drug-likeness (QED) is 0.109. The first-order valence-corrected chi connectivity index (χ1v) is 7.37. The molecule has 0 aromatic heterocycles. The maximum Gasteiger partial charge on any atom is 0.267 e. The van der Waals surface area contributed by atoms with E-state index in [2.05, 4.69) is 4.72 Å². The van der Waals surface area contributed by atoms with E-state index in [1.807, 2.05) is 6.07 Å². The maximum atomic E-state index is 11.0. The Morgan fingerprint density at radius 2 is 1.62 bits per heavy atom. The third kappa shape index (κ3) is 3.65. The highest BCUT2D eigenvalue weighted by molar-refractivity contribution is 8.00. The lowest BCUT2D eigenvalue weighted by atomic mass is 10.1. The highest BCUT2D eigenvalue weighted by Gasteiger charge is 2.22. The number of rotatable bonds is 5. The van der Waals surface area contributed by atoms with Gasteiger partial charge in [0.25, 0.3) is 5.91 Å². The van der Waals surface area contributed by atoms with E-state index in [9.17, 15) is 25.2 Å². The van der Waals surface area contributed by atoms with E-state index in [4.69, 9.17) is 5.21 Å². The van der Waals surface area contributed by atoms with Crippen molar-refractivity contribution in [2.24, 2.45) is 0 Å². The van der Waals surface area contributed by atoms with Gasteiger partial charge in [-0.15, -0.1) is 0 Å². The molecule has 0 fully saturated rings. The average Bonchev–Trinajstić information content (AvgIpc) is 2.60. The molecule has 1 amide bonds. The number of carbonyl (C=O) groups excluding carboxylic acids is 1. The van der Waals surface area contributed by atoms with Crippen LogP contribution in [-0.4, -0.2) is 31.5 Å². The van der Waals surface area contributed by atoms with Crippen molar-refractivity contribution in [1.29, 1.82) is 0 Å². The molecule has 0 aliphatic carbocycles. The van der Waals surface area contributed by atoms with Gasteiger partial charge in [0.15, 0.2) is 11.5 Å². The lowest BCUT2D eigenvalue weighted by Crippen LogP contribution is -2.14. The van der Waals surface area contributed by atoms with Crippen molar-refractivity contribution >= 4 is 29.6 Å². The Morgan fingerprint density at radius 3 is 2.25 bits per heavy atom. The summed E-state index contributed by atoms with van der Waals surface area (Å²) in [4.78, 5) is 10.9. The number of benzene rings is 2. The monoisotopic (exact) mass is 350 g/mol. The molecule has 8 nitrogen and oxygen atoms in total. The van der Waals surface area contributed by atoms with Gasteiger partial charge in [-0.2, -0.15) is 0 Å². The second-order valence-corrected chi connectivity index (χ2v) is 5.33. The van der Waals surface area contributed by atoms with Crippen LogP contribution >= 0.6 is 11.9 Å². The zero-order chi connectivity index (χ0) is 17.7. The van der Waals surface area contributed by atoms with E-state index in [1.54, 1.807) is 24.3 Å². The van der Waals surface area contributed by atoms with Crippen molar-refractivity contribution in [2.75, 3.05) is 4.72 Å². The average molecular weight is 350 g/mol. The van der Waals surface area contributed by atoms with Crippen molar-refractivity contribution < 1.29 is 30.4 Å². The molecule has 0 spiro atoms. The van der Waals surface area contributed by atoms with E-state index in [0.717, 1.165) is 24.1 Å². The Kier molecular flexibility index (Phi) is 5.40. The Hall–Kier alpha value is -3.04. The predicted octanol–water partition coefficient (Wildman–Crippen LogP) is 2.15. The number of hydrogen-bond donors (Lipinski definition) is 7. The highest BCUT2D eigenvalue weighted by Crippen LogP contribution is 2.51. The fraction of sp³-hybridized carbons (Fsp3) is 0. The molecule has 0 saturated heterocycles. The normalized spacial score (nSPS) is 10.7. The molecular weight excluding hydrogens is 336 g/mol. The molecular formula is C15H14N2O6S. The van der Waals surface area contributed by atoms with Gasteiger partial charge < -0.3 is 25.1 Å². The first-order valence-electron chi connectivity index (χ1n) is 6.55. The lowest BCUT2D eigenvalue weighted by molar-refractivity contribution is -0.124. The fourth-order valence-electron chi connectivity index (χ4n) is 1.76. The Bertz CT molecular complexity index is 780. The fourth-order valence-corrected chi connectivity index (χ4v) is 2.52. The summed E-state index contributed by atoms with van der Waals surface area (Å²) in [7, 11) is 0. The van der Waals surface area contributed by atoms with Crippen LogP contribution in [0.5, 0.6) is 23.0 Å². The summed E-state index contributed by atoms with van der Waals surface area (Å²) in [6, 6.07) is 8.85. The molecule has 126 valence electrons. The number of nitrogens with one attached hydrogen (secondary N) is 2. The second kappa shape index (κ2) is 7.49. The van der Waals surface area contributed by atoms with Crippen LogP contribution in [0, 0.1) is 0 Å². The van der Waals surface area contributed by atoms with Crippen LogP contribution < -0.4 is 10.2 Å². The highest BCUT2D eigenvalue weighted by atomic mass is 32.2. The number of aromatic hydroxyl groups is 4. The Morgan fingerprint density at radius 1 is 0.958 bits per heavy atom. The third-order valence-corrected chi connectivity index (χ3v) is 3.87. The molecule has 0 heterocycles. The van der Waals surface area contributed by atoms with Crippen molar-refractivity contribution in [1.82, 2.24) is 5.48 Å². The van der Waals surface area contributed by atoms with E-state index >= 15 is 0 Å². The summed E-state index contributed by atoms with van der Waals surface area (Å²) in [6.07, 6.45) is 1.80. The third-order valence-electron chi connectivity index (χ3n) is 2.95. The minimum absolute atomic E-state index is 0.154. The molecule has 0 aliphatic rings. The topological polar surface area (TPSA) is 142 Å². The predicted molar refractivity (Wildman–Crippen MR) is 88.0 cm³/mol. The minimum Gasteiger partial charge on any atom is -0.506 e. The number of carbonyl (C=O) groups is 1. The standard InChI is InChI=1S/C15H14N2O6S/c18-10(16-23)7-6-9-11(19)13(21)14(22)15(12(9)20)24-17-8-4-2-1-3-5-8/h1-7,17,19-23H,(H,16,18)/b7-6+. The second-order valence-electron chi connectivity index (χ2n) is 4.52. The largest absolute Gasteiger partial charge is 0.506 e. The van der Waals surface area contributed by atoms with Crippen molar-refractivity contribution in [3.63, 3.8) is 0 Å². The van der Waals surface area contributed by atoms with Crippen LogP contribution in [0.4, 0.5) is 5.69 Å². The summed E-state index contributed by atoms with van der Waals surface area (Å²) >= 11 is 0.799. The van der Waals surface area contributed by atoms with Crippen LogP contribution in [0.2, 0.25) is 0 Å². The number of phenolic OH excluding ortho intramolecular Hbond substituents is 4. The summed E-state index contributed by atoms with van der Waals surface area (Å²) in [6.45, 7) is 0. The number of phenols is 4. The van der Waals surface area contributed by atoms with Gasteiger partial charge >= 0.3 is 0 Å². The molecule has 2 aromatic rings. The molecule has 9 heteroatoms. The number of amides is 1. The first-order chi connectivity index (χ1) is 11.5. The van der Waals surface area contributed by atoms with Gasteiger partial charge in [-0.3, -0.25) is 10.0 Å². The van der Waals surface area contributed by atoms with Crippen molar-refractivity contribution in [2.45, 2.75) is 4.90 Å². The van der Waals surface area contributed by atoms with Crippen LogP contribution in [-0.2, 0) is 4.79 Å². The summed E-state index contributed by atoms with van der Waals surface area (Å²) in [5, 5.41) is 48.1. The van der Waals surface area contributed by atoms with Gasteiger partial charge in [-0.1, -0.05) is 18.2 Å². The van der Waals surface area contributed by atoms with Gasteiger partial charge in [0, 0.05) is 11.8 Å². The Labute approximate surface area is 140 Å². The van der Waals surface area contributed by atoms with Crippen molar-refractivity contribution in [3.8, 4) is 23.0 Å². The molecule has 0 radical (unpaired) electrons. The van der Waals surface area contributed by atoms with Gasteiger partial charge in [0.1, 0.15) is 10.6 Å². The van der Waals surface area contributed by atoms with E-state index in [1.165, 1.54) is 5.48 Å². The maximum absolute atomic E-state index is 11.0. The van der Waals surface area contributed by atoms with Crippen molar-refractivity contribution in [3.05, 3.63) is 42.0 Å². The van der Waals surface area contributed by atoms with E-state index in [-0.39, 0.29) is 10.5 Å². The smallest absolute Gasteiger partial charge is 0.267 e. The molecule has 7 N–H and O–H groups in total. The lowest BCUT2D eigenvalue weighted by Gasteiger charge is -2.14. The van der Waals surface area contributed by atoms with E-state index in [0.29, 0.717) is 5.69 Å². The molecule has 0 atom stereocenters. The van der Waals surface area contributed by atoms with Gasteiger partial charge in [-0.05, 0) is 30.2 Å². The first kappa shape index (κ1) is 17.3. The van der Waals surface area contributed by atoms with Crippen LogP contribution in [0.25, 0.3) is 6.08 Å². The van der Waals surface area contributed by atoms with Gasteiger partial charge in [0.2, 0.25) is 5.75 Å². The molecule has 0 aliphatic heterocycles. The molecule has 0 bridgehead atoms. The Balaban J connectivity index is 2.38. The van der Waals surface area contributed by atoms with Crippen LogP contribution in [0.15, 0.2) is 41.3 Å². The van der Waals surface area contributed by atoms with Gasteiger partial charge in [0.05, 0.1) is 5.56 Å². The number of para-hydroxylation sites is 1. The van der Waals surface area contributed by atoms with Crippen LogP contribution in [0.1, 0.15) is 5.56 Å². The van der Waals surface area contributed by atoms with E-state index < -0.39 is 28.9 Å². The SMILES string of the molecule is O=C(/C=C/c1c(O)c(O)c(O)c(SNc2ccccc2)c1O)NO. The number of hydroxylamine groups is 1. The molecule has 2 rings (SSSR count). The summed E-state index contributed by atoms with van der Waals surface area (Å²) in [5.74, 6) is -3.84. The number of hydrogen-bond acceptors (Lipinski definition) is 8. The van der Waals surface area contributed by atoms with Gasteiger partial charge in [-0.25, -0.2) is 5.48 Å². The molecule has 24 heavy (non-hydrogen) atoms. The zero-order valence-corrected chi connectivity index (χ0v) is 12.9. The zero-order valence-electron chi connectivity index (χ0n) is 12.1. The summed E-state index contributed by atoms with van der Waals surface area (Å²) in [5.41, 5.74) is 1.72. The molecule has 0 unspecified atom stereocenters. The summed E-state index contributed by atoms with van der Waals surface area (Å²) < 4.78 is 2.85.